The largest absolute Gasteiger partial charge is 0.416 e. The lowest BCUT2D eigenvalue weighted by Gasteiger charge is -2.35. The third kappa shape index (κ3) is 4.66. The van der Waals surface area contributed by atoms with Crippen molar-refractivity contribution in [2.45, 2.75) is 25.1 Å². The number of urea groups is 1. The number of rotatable bonds is 3. The van der Waals surface area contributed by atoms with Gasteiger partial charge in [-0.25, -0.2) is 9.48 Å². The van der Waals surface area contributed by atoms with Crippen LogP contribution in [0.1, 0.15) is 18.4 Å². The van der Waals surface area contributed by atoms with E-state index in [1.54, 1.807) is 17.2 Å². The van der Waals surface area contributed by atoms with Gasteiger partial charge >= 0.3 is 12.2 Å². The zero-order valence-corrected chi connectivity index (χ0v) is 16.6. The second-order valence-electron chi connectivity index (χ2n) is 7.42. The number of halogens is 3. The maximum atomic E-state index is 13.2. The van der Waals surface area contributed by atoms with Gasteiger partial charge in [-0.2, -0.15) is 18.3 Å². The van der Waals surface area contributed by atoms with Crippen molar-refractivity contribution in [2.24, 2.45) is 0 Å². The molecule has 4 rings (SSSR count). The second-order valence-corrected chi connectivity index (χ2v) is 7.42. The Bertz CT molecular complexity index is 934. The third-order valence-electron chi connectivity index (χ3n) is 5.40. The van der Waals surface area contributed by atoms with Crippen LogP contribution < -0.4 is 5.32 Å². The minimum Gasteiger partial charge on any atom is -0.368 e. The summed E-state index contributed by atoms with van der Waals surface area (Å²) in [6, 6.07) is 4.21. The molecule has 166 valence electrons. The molecule has 0 saturated carbocycles. The Morgan fingerprint density at radius 1 is 1.13 bits per heavy atom. The first-order chi connectivity index (χ1) is 14.8. The molecule has 2 aliphatic heterocycles. The summed E-state index contributed by atoms with van der Waals surface area (Å²) < 4.78 is 46.4. The van der Waals surface area contributed by atoms with Crippen molar-refractivity contribution in [3.05, 3.63) is 42.2 Å². The Kier molecular flexibility index (Phi) is 5.86. The Morgan fingerprint density at radius 3 is 2.48 bits per heavy atom. The lowest BCUT2D eigenvalue weighted by atomic mass is 10.1. The molecule has 2 fully saturated rings. The molecule has 11 heteroatoms. The Balaban J connectivity index is 1.45. The van der Waals surface area contributed by atoms with Gasteiger partial charge in [-0.05, 0) is 37.1 Å². The summed E-state index contributed by atoms with van der Waals surface area (Å²) in [7, 11) is 0. The summed E-state index contributed by atoms with van der Waals surface area (Å²) in [4.78, 5) is 28.3. The molecule has 1 atom stereocenters. The highest BCUT2D eigenvalue weighted by atomic mass is 19.4. The van der Waals surface area contributed by atoms with Gasteiger partial charge in [0.15, 0.2) is 0 Å². The van der Waals surface area contributed by atoms with E-state index >= 15 is 0 Å². The van der Waals surface area contributed by atoms with E-state index in [1.807, 2.05) is 0 Å². The van der Waals surface area contributed by atoms with Crippen LogP contribution >= 0.6 is 0 Å². The first kappa shape index (κ1) is 21.2. The van der Waals surface area contributed by atoms with Gasteiger partial charge in [0.2, 0.25) is 0 Å². The van der Waals surface area contributed by atoms with E-state index in [-0.39, 0.29) is 24.7 Å². The molecule has 1 aromatic heterocycles. The van der Waals surface area contributed by atoms with Crippen LogP contribution in [0.4, 0.5) is 23.7 Å². The summed E-state index contributed by atoms with van der Waals surface area (Å²) >= 11 is 0. The van der Waals surface area contributed by atoms with Gasteiger partial charge in [0.25, 0.3) is 5.91 Å². The third-order valence-corrected chi connectivity index (χ3v) is 5.40. The summed E-state index contributed by atoms with van der Waals surface area (Å²) in [5, 5.41) is 6.62. The number of anilines is 1. The number of benzene rings is 1. The predicted octanol–water partition coefficient (Wildman–Crippen LogP) is 2.75. The van der Waals surface area contributed by atoms with Crippen LogP contribution in [-0.4, -0.2) is 70.4 Å². The molecule has 1 N–H and O–H groups in total. The van der Waals surface area contributed by atoms with E-state index in [0.717, 1.165) is 18.6 Å². The van der Waals surface area contributed by atoms with Crippen molar-refractivity contribution < 1.29 is 27.5 Å². The highest BCUT2D eigenvalue weighted by Crippen LogP contribution is 2.33. The molecule has 8 nitrogen and oxygen atoms in total. The topological polar surface area (TPSA) is 79.7 Å². The number of alkyl halides is 3. The molecule has 2 aliphatic rings. The normalized spacial score (nSPS) is 19.5. The average molecular weight is 437 g/mol. The number of amides is 3. The molecule has 31 heavy (non-hydrogen) atoms. The number of carbonyl (C=O) groups is 2. The molecule has 1 aromatic carbocycles. The van der Waals surface area contributed by atoms with Crippen LogP contribution in [0.5, 0.6) is 0 Å². The number of aromatic nitrogens is 2. The standard InChI is InChI=1S/C20H22F3N5O3/c21-20(22,23)14-4-5-16(28-7-2-6-24-28)15(13-14)25-19(30)27-10-8-26(9-11-27)18(29)17-3-1-12-31-17/h2,4-7,13,17H,1,3,8-12H2,(H,25,30)/t17-/m1/s1. The van der Waals surface area contributed by atoms with Crippen molar-refractivity contribution in [1.29, 1.82) is 0 Å². The van der Waals surface area contributed by atoms with Gasteiger partial charge in [-0.1, -0.05) is 0 Å². The Hall–Kier alpha value is -3.08. The molecule has 2 aromatic rings. The Morgan fingerprint density at radius 2 is 1.87 bits per heavy atom. The lowest BCUT2D eigenvalue weighted by molar-refractivity contribution is -0.142. The molecule has 0 radical (unpaired) electrons. The molecule has 0 unspecified atom stereocenters. The number of hydrogen-bond acceptors (Lipinski definition) is 4. The minimum atomic E-state index is -4.55. The molecular weight excluding hydrogens is 415 g/mol. The number of nitrogens with one attached hydrogen (secondary N) is 1. The summed E-state index contributed by atoms with van der Waals surface area (Å²) in [6.45, 7) is 1.83. The van der Waals surface area contributed by atoms with E-state index in [2.05, 4.69) is 10.4 Å². The maximum absolute atomic E-state index is 13.2. The molecule has 2 saturated heterocycles. The van der Waals surface area contributed by atoms with Gasteiger partial charge in [-0.3, -0.25) is 4.79 Å². The molecule has 0 aliphatic carbocycles. The minimum absolute atomic E-state index is 0.00128. The monoisotopic (exact) mass is 437 g/mol. The fraction of sp³-hybridized carbons (Fsp3) is 0.450. The van der Waals surface area contributed by atoms with Gasteiger partial charge in [0, 0.05) is 45.2 Å². The quantitative estimate of drug-likeness (QED) is 0.801. The van der Waals surface area contributed by atoms with Crippen LogP contribution in [0.25, 0.3) is 5.69 Å². The molecule has 0 spiro atoms. The van der Waals surface area contributed by atoms with Crippen LogP contribution in [0.2, 0.25) is 0 Å². The first-order valence-corrected chi connectivity index (χ1v) is 10.0. The number of hydrogen-bond donors (Lipinski definition) is 1. The molecule has 3 heterocycles. The van der Waals surface area contributed by atoms with Crippen molar-refractivity contribution >= 4 is 17.6 Å². The zero-order valence-electron chi connectivity index (χ0n) is 16.6. The van der Waals surface area contributed by atoms with Crippen molar-refractivity contribution in [3.8, 4) is 5.69 Å². The molecular formula is C20H22F3N5O3. The van der Waals surface area contributed by atoms with Gasteiger partial charge in [-0.15, -0.1) is 0 Å². The van der Waals surface area contributed by atoms with E-state index in [0.29, 0.717) is 31.8 Å². The van der Waals surface area contributed by atoms with Gasteiger partial charge < -0.3 is 19.9 Å². The zero-order chi connectivity index (χ0) is 22.0. The molecule has 0 bridgehead atoms. The van der Waals surface area contributed by atoms with Crippen molar-refractivity contribution in [3.63, 3.8) is 0 Å². The number of nitrogens with zero attached hydrogens (tertiary/aromatic N) is 4. The van der Waals surface area contributed by atoms with Crippen molar-refractivity contribution in [1.82, 2.24) is 19.6 Å². The highest BCUT2D eigenvalue weighted by Gasteiger charge is 2.33. The smallest absolute Gasteiger partial charge is 0.368 e. The van der Waals surface area contributed by atoms with Crippen molar-refractivity contribution in [2.75, 3.05) is 38.1 Å². The van der Waals surface area contributed by atoms with E-state index in [4.69, 9.17) is 4.74 Å². The summed E-state index contributed by atoms with van der Waals surface area (Å²) in [6.07, 6.45) is -0.334. The fourth-order valence-corrected chi connectivity index (χ4v) is 3.72. The Labute approximate surface area is 176 Å². The molecule has 3 amide bonds. The van der Waals surface area contributed by atoms with Gasteiger partial charge in [0.1, 0.15) is 6.10 Å². The number of ether oxygens (including phenoxy) is 1. The average Bonchev–Trinajstić information content (AvgIpc) is 3.47. The van der Waals surface area contributed by atoms with Crippen LogP contribution in [-0.2, 0) is 15.7 Å². The number of carbonyl (C=O) groups excluding carboxylic acids is 2. The maximum Gasteiger partial charge on any atom is 0.416 e. The van der Waals surface area contributed by atoms with Crippen LogP contribution in [0.15, 0.2) is 36.7 Å². The fourth-order valence-electron chi connectivity index (χ4n) is 3.72. The predicted molar refractivity (Wildman–Crippen MR) is 105 cm³/mol. The highest BCUT2D eigenvalue weighted by molar-refractivity contribution is 5.92. The van der Waals surface area contributed by atoms with Crippen LogP contribution in [0, 0.1) is 0 Å². The first-order valence-electron chi connectivity index (χ1n) is 10.0. The summed E-state index contributed by atoms with van der Waals surface area (Å²) in [5.41, 5.74) is -0.550. The van der Waals surface area contributed by atoms with Crippen LogP contribution in [0.3, 0.4) is 0 Å². The second kappa shape index (κ2) is 8.58. The lowest BCUT2D eigenvalue weighted by Crippen LogP contribution is -2.53. The van der Waals surface area contributed by atoms with E-state index < -0.39 is 23.9 Å². The summed E-state index contributed by atoms with van der Waals surface area (Å²) in [5.74, 6) is -0.0728. The van der Waals surface area contributed by atoms with E-state index in [1.165, 1.54) is 21.8 Å². The van der Waals surface area contributed by atoms with E-state index in [9.17, 15) is 22.8 Å². The number of piperazine rings is 1. The van der Waals surface area contributed by atoms with Gasteiger partial charge in [0.05, 0.1) is 16.9 Å². The SMILES string of the molecule is O=C(Nc1cc(C(F)(F)F)ccc1-n1cccn1)N1CCN(C(=O)[C@H]2CCCO2)CC1.